The molecule has 0 radical (unpaired) electrons. The van der Waals surface area contributed by atoms with E-state index in [0.717, 1.165) is 12.1 Å². The number of alkyl halides is 3. The lowest BCUT2D eigenvalue weighted by Gasteiger charge is -2.17. The van der Waals surface area contributed by atoms with Gasteiger partial charge in [-0.1, -0.05) is 0 Å². The van der Waals surface area contributed by atoms with Crippen LogP contribution in [-0.4, -0.2) is 17.6 Å². The zero-order valence-corrected chi connectivity index (χ0v) is 11.8. The number of hydrogen-bond donors (Lipinski definition) is 2. The highest BCUT2D eigenvalue weighted by Crippen LogP contribution is 2.32. The average molecular weight is 333 g/mol. The summed E-state index contributed by atoms with van der Waals surface area (Å²) in [6.45, 7) is -0.467. The van der Waals surface area contributed by atoms with E-state index in [0.29, 0.717) is 5.56 Å². The Labute approximate surface area is 127 Å². The Kier molecular flexibility index (Phi) is 4.82. The average Bonchev–Trinajstić information content (AvgIpc) is 2.97. The first-order valence-corrected chi connectivity index (χ1v) is 7.07. The molecule has 1 heterocycles. The van der Waals surface area contributed by atoms with Crippen LogP contribution in [0.4, 0.5) is 17.6 Å². The van der Waals surface area contributed by atoms with Crippen LogP contribution in [0, 0.1) is 5.82 Å². The molecule has 0 saturated heterocycles. The van der Waals surface area contributed by atoms with Crippen molar-refractivity contribution in [3.05, 3.63) is 57.5 Å². The number of carbonyl (C=O) groups is 1. The van der Waals surface area contributed by atoms with Crippen molar-refractivity contribution in [1.82, 2.24) is 5.32 Å². The summed E-state index contributed by atoms with van der Waals surface area (Å²) in [5.74, 6) is -2.11. The summed E-state index contributed by atoms with van der Waals surface area (Å²) in [5, 5.41) is 15.0. The summed E-state index contributed by atoms with van der Waals surface area (Å²) in [6.07, 6.45) is -4.86. The van der Waals surface area contributed by atoms with Crippen molar-refractivity contribution in [1.29, 1.82) is 0 Å². The zero-order chi connectivity index (χ0) is 16.3. The fourth-order valence-corrected chi connectivity index (χ4v) is 2.61. The quantitative estimate of drug-likeness (QED) is 0.843. The second-order valence-corrected chi connectivity index (χ2v) is 5.23. The Hall–Kier alpha value is -1.93. The highest BCUT2D eigenvalue weighted by atomic mass is 32.1. The van der Waals surface area contributed by atoms with Crippen molar-refractivity contribution in [2.75, 3.05) is 6.61 Å². The molecule has 0 aliphatic rings. The lowest BCUT2D eigenvalue weighted by atomic mass is 10.0. The largest absolute Gasteiger partial charge is 0.417 e. The fraction of sp³-hybridized carbons (Fsp3) is 0.214. The van der Waals surface area contributed by atoms with Crippen LogP contribution in [0.1, 0.15) is 27.5 Å². The van der Waals surface area contributed by atoms with Crippen LogP contribution in [0.5, 0.6) is 0 Å². The van der Waals surface area contributed by atoms with E-state index in [4.69, 9.17) is 0 Å². The van der Waals surface area contributed by atoms with Crippen molar-refractivity contribution < 1.29 is 27.5 Å². The van der Waals surface area contributed by atoms with Gasteiger partial charge in [0.1, 0.15) is 5.82 Å². The summed E-state index contributed by atoms with van der Waals surface area (Å²) < 4.78 is 51.7. The predicted octanol–water partition coefficient (Wildman–Crippen LogP) is 3.37. The molecule has 22 heavy (non-hydrogen) atoms. The molecule has 0 fully saturated rings. The third-order valence-corrected chi connectivity index (χ3v) is 3.67. The number of halogens is 4. The van der Waals surface area contributed by atoms with Crippen molar-refractivity contribution in [2.45, 2.75) is 12.2 Å². The Morgan fingerprint density at radius 3 is 2.59 bits per heavy atom. The molecule has 1 aromatic heterocycles. The van der Waals surface area contributed by atoms with E-state index in [2.05, 4.69) is 5.32 Å². The zero-order valence-electron chi connectivity index (χ0n) is 11.0. The number of rotatable bonds is 4. The summed E-state index contributed by atoms with van der Waals surface area (Å²) in [4.78, 5) is 12.0. The molecule has 0 saturated carbocycles. The SMILES string of the molecule is O=C(N[C@H](CO)c1ccsc1)c1ccc(F)cc1C(F)(F)F. The van der Waals surface area contributed by atoms with Crippen molar-refractivity contribution >= 4 is 17.2 Å². The number of thiophene rings is 1. The third kappa shape index (κ3) is 3.63. The number of amides is 1. The molecule has 0 aliphatic carbocycles. The van der Waals surface area contributed by atoms with Crippen LogP contribution in [0.15, 0.2) is 35.0 Å². The van der Waals surface area contributed by atoms with Crippen LogP contribution < -0.4 is 5.32 Å². The lowest BCUT2D eigenvalue weighted by Crippen LogP contribution is -2.32. The van der Waals surface area contributed by atoms with Crippen molar-refractivity contribution in [2.24, 2.45) is 0 Å². The van der Waals surface area contributed by atoms with E-state index in [-0.39, 0.29) is 6.07 Å². The third-order valence-electron chi connectivity index (χ3n) is 2.97. The van der Waals surface area contributed by atoms with Gasteiger partial charge in [0.15, 0.2) is 0 Å². The molecule has 2 aromatic rings. The maximum Gasteiger partial charge on any atom is 0.417 e. The number of benzene rings is 1. The second kappa shape index (κ2) is 6.45. The minimum absolute atomic E-state index is 0.271. The molecular weight excluding hydrogens is 322 g/mol. The monoisotopic (exact) mass is 333 g/mol. The molecule has 0 bridgehead atoms. The van der Waals surface area contributed by atoms with Gasteiger partial charge in [-0.3, -0.25) is 4.79 Å². The van der Waals surface area contributed by atoms with Crippen LogP contribution in [0.25, 0.3) is 0 Å². The number of carbonyl (C=O) groups excluding carboxylic acids is 1. The summed E-state index contributed by atoms with van der Waals surface area (Å²) >= 11 is 1.32. The first kappa shape index (κ1) is 16.4. The van der Waals surface area contributed by atoms with Gasteiger partial charge in [-0.25, -0.2) is 4.39 Å². The number of aliphatic hydroxyl groups excluding tert-OH is 1. The van der Waals surface area contributed by atoms with Gasteiger partial charge in [-0.05, 0) is 40.6 Å². The molecule has 0 aliphatic heterocycles. The highest BCUT2D eigenvalue weighted by molar-refractivity contribution is 7.07. The van der Waals surface area contributed by atoms with E-state index in [9.17, 15) is 27.5 Å². The summed E-state index contributed by atoms with van der Waals surface area (Å²) in [7, 11) is 0. The van der Waals surface area contributed by atoms with E-state index < -0.39 is 41.7 Å². The Morgan fingerprint density at radius 2 is 2.05 bits per heavy atom. The lowest BCUT2D eigenvalue weighted by molar-refractivity contribution is -0.138. The van der Waals surface area contributed by atoms with Gasteiger partial charge in [-0.2, -0.15) is 24.5 Å². The molecular formula is C14H11F4NO2S. The van der Waals surface area contributed by atoms with Crippen molar-refractivity contribution in [3.8, 4) is 0 Å². The van der Waals surface area contributed by atoms with Gasteiger partial charge in [0.05, 0.1) is 23.8 Å². The van der Waals surface area contributed by atoms with Gasteiger partial charge in [0.2, 0.25) is 0 Å². The fourth-order valence-electron chi connectivity index (χ4n) is 1.89. The van der Waals surface area contributed by atoms with Gasteiger partial charge >= 0.3 is 6.18 Å². The molecule has 8 heteroatoms. The maximum absolute atomic E-state index is 13.0. The topological polar surface area (TPSA) is 49.3 Å². The standard InChI is InChI=1S/C14H11F4NO2S/c15-9-1-2-10(11(5-9)14(16,17)18)13(21)19-12(6-20)8-3-4-22-7-8/h1-5,7,12,20H,6H2,(H,19,21)/t12-/m1/s1. The molecule has 0 unspecified atom stereocenters. The van der Waals surface area contributed by atoms with Crippen LogP contribution in [-0.2, 0) is 6.18 Å². The van der Waals surface area contributed by atoms with Crippen LogP contribution >= 0.6 is 11.3 Å². The first-order valence-electron chi connectivity index (χ1n) is 6.13. The normalized spacial score (nSPS) is 13.0. The Morgan fingerprint density at radius 1 is 1.32 bits per heavy atom. The Balaban J connectivity index is 2.30. The van der Waals surface area contributed by atoms with Gasteiger partial charge < -0.3 is 10.4 Å². The molecule has 118 valence electrons. The van der Waals surface area contributed by atoms with Gasteiger partial charge in [-0.15, -0.1) is 0 Å². The van der Waals surface area contributed by atoms with E-state index in [1.807, 2.05) is 0 Å². The van der Waals surface area contributed by atoms with Gasteiger partial charge in [0, 0.05) is 0 Å². The molecule has 1 aromatic carbocycles. The smallest absolute Gasteiger partial charge is 0.394 e. The number of nitrogens with one attached hydrogen (secondary N) is 1. The van der Waals surface area contributed by atoms with Crippen LogP contribution in [0.2, 0.25) is 0 Å². The van der Waals surface area contributed by atoms with Gasteiger partial charge in [0.25, 0.3) is 5.91 Å². The Bertz CT molecular complexity index is 655. The van der Waals surface area contributed by atoms with E-state index in [1.54, 1.807) is 16.8 Å². The second-order valence-electron chi connectivity index (χ2n) is 4.45. The summed E-state index contributed by atoms with van der Waals surface area (Å²) in [5.41, 5.74) is -1.47. The highest BCUT2D eigenvalue weighted by Gasteiger charge is 2.36. The summed E-state index contributed by atoms with van der Waals surface area (Å²) in [6, 6.07) is 2.64. The molecule has 0 spiro atoms. The first-order chi connectivity index (χ1) is 10.3. The minimum Gasteiger partial charge on any atom is -0.394 e. The molecule has 1 amide bonds. The van der Waals surface area contributed by atoms with Crippen molar-refractivity contribution in [3.63, 3.8) is 0 Å². The van der Waals surface area contributed by atoms with E-state index >= 15 is 0 Å². The molecule has 2 N–H and O–H groups in total. The molecule has 3 nitrogen and oxygen atoms in total. The number of hydrogen-bond acceptors (Lipinski definition) is 3. The predicted molar refractivity (Wildman–Crippen MR) is 73.0 cm³/mol. The molecule has 2 rings (SSSR count). The van der Waals surface area contributed by atoms with Crippen LogP contribution in [0.3, 0.4) is 0 Å². The number of aliphatic hydroxyl groups is 1. The minimum atomic E-state index is -4.86. The van der Waals surface area contributed by atoms with E-state index in [1.165, 1.54) is 11.3 Å². The molecule has 1 atom stereocenters. The maximum atomic E-state index is 13.0.